The van der Waals surface area contributed by atoms with Crippen LogP contribution in [0.3, 0.4) is 0 Å². The SMILES string of the molecule is C=CCOC(=O)N1C[C@@H]2CC(c3ccc(CC)cc3)=CN2C(=O)c2cc(OC)c(OCCCOc3cc4c(cc3OC)C(=O)N3CC5(CC5)C[C@H]3C(O)N4C(=O)OCC=C)cc21. The molecular formula is C47H52N4O11. The molecule has 1 unspecified atom stereocenters. The quantitative estimate of drug-likeness (QED) is 0.132. The second-order valence-electron chi connectivity index (χ2n) is 16.2. The molecule has 3 aromatic carbocycles. The van der Waals surface area contributed by atoms with Gasteiger partial charge in [0.15, 0.2) is 29.2 Å². The highest BCUT2D eigenvalue weighted by molar-refractivity contribution is 6.07. The molecule has 62 heavy (non-hydrogen) atoms. The molecule has 4 aliphatic heterocycles. The minimum absolute atomic E-state index is 0.0112. The second kappa shape index (κ2) is 17.5. The van der Waals surface area contributed by atoms with Crippen molar-refractivity contribution in [1.82, 2.24) is 9.80 Å². The molecule has 0 aromatic heterocycles. The molecule has 326 valence electrons. The van der Waals surface area contributed by atoms with Crippen LogP contribution in [0.4, 0.5) is 21.0 Å². The fourth-order valence-electron chi connectivity index (χ4n) is 8.86. The molecule has 1 N–H and O–H groups in total. The van der Waals surface area contributed by atoms with E-state index in [-0.39, 0.29) is 84.6 Å². The van der Waals surface area contributed by atoms with Gasteiger partial charge in [-0.2, -0.15) is 0 Å². The Hall–Kier alpha value is -6.48. The van der Waals surface area contributed by atoms with Crippen LogP contribution in [0.5, 0.6) is 23.0 Å². The molecule has 5 aliphatic rings. The van der Waals surface area contributed by atoms with Crippen LogP contribution in [0.1, 0.15) is 70.9 Å². The lowest BCUT2D eigenvalue weighted by molar-refractivity contribution is 0.0496. The standard InChI is InChI=1S/C47H52N4O11/c1-6-16-61-45(55)49-27-32-20-31(30-12-10-29(8-3)11-13-30)26-48(32)42(52)33-21-38(57-4)40(23-35(33)49)59-18-9-19-60-41-24-36-34(22-39(41)58-5)43(53)50-28-47(14-15-47)25-37(50)44(54)51(36)46(56)62-17-7-2/h6-7,10-13,21-24,26,32,37,44,54H,1-2,8-9,14-20,25,27-28H2,3-5H3/t32-,37-,44?/m0/s1. The molecular weight excluding hydrogens is 797 g/mol. The molecule has 8 rings (SSSR count). The Bertz CT molecular complexity index is 2300. The highest BCUT2D eigenvalue weighted by Gasteiger charge is 2.58. The number of carbonyl (C=O) groups excluding carboxylic acids is 4. The Labute approximate surface area is 360 Å². The largest absolute Gasteiger partial charge is 0.493 e. The molecule has 1 saturated carbocycles. The van der Waals surface area contributed by atoms with Crippen LogP contribution in [0.25, 0.3) is 5.57 Å². The number of aryl methyl sites for hydroxylation is 1. The first-order chi connectivity index (χ1) is 30.0. The first kappa shape index (κ1) is 42.2. The summed E-state index contributed by atoms with van der Waals surface area (Å²) in [5, 5.41) is 11.7. The van der Waals surface area contributed by atoms with Gasteiger partial charge in [0.25, 0.3) is 11.8 Å². The number of benzene rings is 3. The van der Waals surface area contributed by atoms with Gasteiger partial charge in [0.2, 0.25) is 0 Å². The van der Waals surface area contributed by atoms with E-state index in [0.717, 1.165) is 35.3 Å². The first-order valence-corrected chi connectivity index (χ1v) is 21.0. The average Bonchev–Trinajstić information content (AvgIpc) is 3.79. The fourth-order valence-corrected chi connectivity index (χ4v) is 8.86. The second-order valence-corrected chi connectivity index (χ2v) is 16.2. The van der Waals surface area contributed by atoms with Crippen molar-refractivity contribution in [3.8, 4) is 23.0 Å². The van der Waals surface area contributed by atoms with Gasteiger partial charge in [-0.05, 0) is 66.4 Å². The van der Waals surface area contributed by atoms with Gasteiger partial charge in [-0.25, -0.2) is 14.5 Å². The van der Waals surface area contributed by atoms with Crippen molar-refractivity contribution in [2.45, 2.75) is 63.8 Å². The van der Waals surface area contributed by atoms with Gasteiger partial charge in [0.05, 0.1) is 68.6 Å². The number of aliphatic hydroxyl groups excluding tert-OH is 1. The molecule has 2 fully saturated rings. The van der Waals surface area contributed by atoms with Crippen molar-refractivity contribution in [3.63, 3.8) is 0 Å². The molecule has 3 atom stereocenters. The number of hydrogen-bond acceptors (Lipinski definition) is 11. The lowest BCUT2D eigenvalue weighted by Gasteiger charge is -2.31. The smallest absolute Gasteiger partial charge is 0.416 e. The van der Waals surface area contributed by atoms with Gasteiger partial charge >= 0.3 is 12.2 Å². The number of fused-ring (bicyclic) bond motifs is 4. The first-order valence-electron chi connectivity index (χ1n) is 21.0. The van der Waals surface area contributed by atoms with Crippen LogP contribution in [0.2, 0.25) is 0 Å². The van der Waals surface area contributed by atoms with Crippen LogP contribution in [0.15, 0.2) is 80.0 Å². The van der Waals surface area contributed by atoms with Crippen LogP contribution in [-0.2, 0) is 15.9 Å². The molecule has 4 heterocycles. The summed E-state index contributed by atoms with van der Waals surface area (Å²) in [4.78, 5) is 61.3. The van der Waals surface area contributed by atoms with E-state index in [9.17, 15) is 24.3 Å². The van der Waals surface area contributed by atoms with E-state index in [0.29, 0.717) is 43.0 Å². The number of carbonyl (C=O) groups is 4. The van der Waals surface area contributed by atoms with E-state index < -0.39 is 24.5 Å². The topological polar surface area (TPSA) is 157 Å². The average molecular weight is 849 g/mol. The van der Waals surface area contributed by atoms with Crippen molar-refractivity contribution >= 4 is 40.9 Å². The molecule has 15 heteroatoms. The van der Waals surface area contributed by atoms with Gasteiger partial charge in [0, 0.05) is 31.3 Å². The molecule has 1 aliphatic carbocycles. The van der Waals surface area contributed by atoms with Gasteiger partial charge in [-0.15, -0.1) is 0 Å². The minimum atomic E-state index is -1.35. The number of anilines is 2. The lowest BCUT2D eigenvalue weighted by Crippen LogP contribution is -2.50. The zero-order valence-electron chi connectivity index (χ0n) is 35.3. The predicted octanol–water partition coefficient (Wildman–Crippen LogP) is 6.97. The minimum Gasteiger partial charge on any atom is -0.493 e. The van der Waals surface area contributed by atoms with E-state index in [1.807, 2.05) is 6.20 Å². The zero-order chi connectivity index (χ0) is 43.7. The Morgan fingerprint density at radius 3 is 2.05 bits per heavy atom. The molecule has 0 bridgehead atoms. The zero-order valence-corrected chi connectivity index (χ0v) is 35.3. The van der Waals surface area contributed by atoms with Gasteiger partial charge in [-0.1, -0.05) is 56.5 Å². The van der Waals surface area contributed by atoms with E-state index in [1.54, 1.807) is 21.9 Å². The van der Waals surface area contributed by atoms with Gasteiger partial charge < -0.3 is 43.3 Å². The number of ether oxygens (including phenoxy) is 6. The van der Waals surface area contributed by atoms with Crippen molar-refractivity contribution in [1.29, 1.82) is 0 Å². The number of rotatable bonds is 14. The number of methoxy groups -OCH3 is 2. The van der Waals surface area contributed by atoms with Crippen LogP contribution < -0.4 is 28.7 Å². The van der Waals surface area contributed by atoms with Gasteiger partial charge in [-0.3, -0.25) is 14.5 Å². The summed E-state index contributed by atoms with van der Waals surface area (Å²) in [6.07, 6.45) is 6.28. The van der Waals surface area contributed by atoms with Crippen LogP contribution in [-0.4, -0.2) is 111 Å². The summed E-state index contributed by atoms with van der Waals surface area (Å²) in [5.41, 5.74) is 4.08. The highest BCUT2D eigenvalue weighted by Crippen LogP contribution is 2.57. The summed E-state index contributed by atoms with van der Waals surface area (Å²) in [6.45, 7) is 10.2. The summed E-state index contributed by atoms with van der Waals surface area (Å²) in [5.74, 6) is 0.496. The Kier molecular flexibility index (Phi) is 11.9. The van der Waals surface area contributed by atoms with E-state index in [2.05, 4.69) is 44.3 Å². The van der Waals surface area contributed by atoms with E-state index >= 15 is 0 Å². The summed E-state index contributed by atoms with van der Waals surface area (Å²) >= 11 is 0. The number of hydrogen-bond donors (Lipinski definition) is 1. The number of amides is 4. The Morgan fingerprint density at radius 1 is 0.839 bits per heavy atom. The fraction of sp³-hybridized carbons (Fsp3) is 0.404. The van der Waals surface area contributed by atoms with Crippen molar-refractivity contribution in [2.24, 2.45) is 5.41 Å². The van der Waals surface area contributed by atoms with Crippen molar-refractivity contribution < 1.29 is 52.7 Å². The maximum Gasteiger partial charge on any atom is 0.416 e. The Morgan fingerprint density at radius 2 is 1.45 bits per heavy atom. The molecule has 15 nitrogen and oxygen atoms in total. The molecule has 1 spiro atoms. The highest BCUT2D eigenvalue weighted by atomic mass is 16.6. The van der Waals surface area contributed by atoms with E-state index in [1.165, 1.54) is 49.0 Å². The predicted molar refractivity (Wildman–Crippen MR) is 230 cm³/mol. The summed E-state index contributed by atoms with van der Waals surface area (Å²) < 4.78 is 34.7. The maximum atomic E-state index is 14.3. The number of nitrogens with zero attached hydrogens (tertiary/aromatic N) is 4. The summed E-state index contributed by atoms with van der Waals surface area (Å²) in [6, 6.07) is 13.6. The third-order valence-electron chi connectivity index (χ3n) is 12.3. The normalized spacial score (nSPS) is 20.5. The maximum absolute atomic E-state index is 14.3. The molecule has 1 saturated heterocycles. The molecule has 4 amide bonds. The van der Waals surface area contributed by atoms with Crippen LogP contribution >= 0.6 is 0 Å². The number of aliphatic hydroxyl groups is 1. The van der Waals surface area contributed by atoms with Crippen molar-refractivity contribution in [3.05, 3.63) is 102 Å². The van der Waals surface area contributed by atoms with Crippen molar-refractivity contribution in [2.75, 3.05) is 63.5 Å². The molecule has 3 aromatic rings. The summed E-state index contributed by atoms with van der Waals surface area (Å²) in [7, 11) is 2.93. The van der Waals surface area contributed by atoms with Gasteiger partial charge in [0.1, 0.15) is 13.2 Å². The Balaban J connectivity index is 1.01. The third kappa shape index (κ3) is 7.92. The third-order valence-corrected chi connectivity index (χ3v) is 12.3. The van der Waals surface area contributed by atoms with Crippen LogP contribution in [0, 0.1) is 5.41 Å². The molecule has 0 radical (unpaired) electrons. The lowest BCUT2D eigenvalue weighted by atomic mass is 10.0. The monoisotopic (exact) mass is 848 g/mol. The van der Waals surface area contributed by atoms with E-state index in [4.69, 9.17) is 28.4 Å².